The van der Waals surface area contributed by atoms with Gasteiger partial charge in [-0.25, -0.2) is 0 Å². The Morgan fingerprint density at radius 3 is 2.15 bits per heavy atom. The van der Waals surface area contributed by atoms with Gasteiger partial charge >= 0.3 is 21.1 Å². The molecule has 0 saturated heterocycles. The van der Waals surface area contributed by atoms with Gasteiger partial charge in [0.05, 0.1) is 5.52 Å². The molecule has 0 bridgehead atoms. The third-order valence-corrected chi connectivity index (χ3v) is 9.56. The second kappa shape index (κ2) is 12.2. The summed E-state index contributed by atoms with van der Waals surface area (Å²) in [7, 11) is 0. The molecular formula is C42H25N3PtS. The van der Waals surface area contributed by atoms with Gasteiger partial charge in [-0.15, -0.1) is 53.6 Å². The maximum absolute atomic E-state index is 4.92. The van der Waals surface area contributed by atoms with Gasteiger partial charge in [-0.1, -0.05) is 96.4 Å². The van der Waals surface area contributed by atoms with Gasteiger partial charge in [0.2, 0.25) is 0 Å². The Morgan fingerprint density at radius 1 is 0.553 bits per heavy atom. The van der Waals surface area contributed by atoms with Crippen molar-refractivity contribution in [2.45, 2.75) is 0 Å². The molecule has 0 fully saturated rings. The van der Waals surface area contributed by atoms with Crippen molar-refractivity contribution in [2.24, 2.45) is 0 Å². The number of nitrogens with zero attached hydrogens (tertiary/aromatic N) is 3. The van der Waals surface area contributed by atoms with E-state index in [-0.39, 0.29) is 21.1 Å². The molecule has 3 aromatic heterocycles. The molecule has 9 aromatic rings. The predicted molar refractivity (Wildman–Crippen MR) is 191 cm³/mol. The second-order valence-corrected chi connectivity index (χ2v) is 12.3. The van der Waals surface area contributed by atoms with E-state index >= 15 is 0 Å². The molecule has 47 heavy (non-hydrogen) atoms. The monoisotopic (exact) mass is 798 g/mol. The van der Waals surface area contributed by atoms with Crippen LogP contribution in [0.25, 0.3) is 81.8 Å². The molecule has 9 rings (SSSR count). The van der Waals surface area contributed by atoms with Crippen molar-refractivity contribution in [2.75, 3.05) is 0 Å². The topological polar surface area (TPSA) is 30.7 Å². The van der Waals surface area contributed by atoms with E-state index in [0.717, 1.165) is 60.6 Å². The smallest absolute Gasteiger partial charge is 0.346 e. The molecule has 224 valence electrons. The Bertz CT molecular complexity index is 2500. The summed E-state index contributed by atoms with van der Waals surface area (Å²) in [6.45, 7) is 0. The summed E-state index contributed by atoms with van der Waals surface area (Å²) in [5.41, 5.74) is 11.6. The van der Waals surface area contributed by atoms with Gasteiger partial charge in [-0.2, -0.15) is 11.3 Å². The van der Waals surface area contributed by atoms with E-state index in [0.29, 0.717) is 0 Å². The van der Waals surface area contributed by atoms with Crippen LogP contribution in [-0.4, -0.2) is 14.5 Å². The molecule has 3 nitrogen and oxygen atoms in total. The van der Waals surface area contributed by atoms with Crippen molar-refractivity contribution in [3.8, 4) is 49.8 Å². The van der Waals surface area contributed by atoms with Crippen LogP contribution in [0.5, 0.6) is 0 Å². The SMILES string of the molecule is [Pt+2].[c-]1c(-c2cc(-c3ccc(-c4ccccc4)cc3)ccn2)cccc1-n1c2[c-]c(-c3nc4ccccc4s3)ccc2c2ccccc21. The van der Waals surface area contributed by atoms with Crippen LogP contribution in [0.3, 0.4) is 0 Å². The Hall–Kier alpha value is -5.15. The molecule has 0 aliphatic rings. The zero-order valence-corrected chi connectivity index (χ0v) is 28.1. The van der Waals surface area contributed by atoms with Crippen LogP contribution in [0.4, 0.5) is 0 Å². The van der Waals surface area contributed by atoms with Crippen molar-refractivity contribution < 1.29 is 21.1 Å². The minimum Gasteiger partial charge on any atom is -0.346 e. The zero-order chi connectivity index (χ0) is 30.5. The van der Waals surface area contributed by atoms with Crippen LogP contribution in [0.1, 0.15) is 0 Å². The Morgan fingerprint density at radius 2 is 1.30 bits per heavy atom. The Kier molecular flexibility index (Phi) is 7.61. The molecule has 5 heteroatoms. The third-order valence-electron chi connectivity index (χ3n) is 8.49. The van der Waals surface area contributed by atoms with Gasteiger partial charge in [0.15, 0.2) is 0 Å². The number of fused-ring (bicyclic) bond motifs is 4. The zero-order valence-electron chi connectivity index (χ0n) is 25.0. The van der Waals surface area contributed by atoms with E-state index in [1.807, 2.05) is 18.3 Å². The molecule has 0 aliphatic carbocycles. The maximum atomic E-state index is 4.92. The standard InChI is InChI=1S/C42H25N3S.Pt/c1-2-9-28(10-3-1)29-17-19-30(20-18-29)31-23-24-43-38(26-31)32-11-8-12-34(25-32)45-39-15-6-4-13-35(39)36-22-21-33(27-40(36)45)42-44-37-14-5-7-16-41(37)46-42;/h1-24,26H;/q-2;+2. The predicted octanol–water partition coefficient (Wildman–Crippen LogP) is 11.1. The molecule has 0 aliphatic heterocycles. The normalized spacial score (nSPS) is 11.2. The summed E-state index contributed by atoms with van der Waals surface area (Å²) < 4.78 is 3.44. The fourth-order valence-electron chi connectivity index (χ4n) is 6.23. The van der Waals surface area contributed by atoms with E-state index in [4.69, 9.17) is 9.97 Å². The van der Waals surface area contributed by atoms with Crippen LogP contribution >= 0.6 is 11.3 Å². The molecule has 0 amide bonds. The van der Waals surface area contributed by atoms with E-state index in [9.17, 15) is 0 Å². The number of hydrogen-bond acceptors (Lipinski definition) is 3. The molecule has 0 unspecified atom stereocenters. The van der Waals surface area contributed by atoms with Crippen LogP contribution in [0, 0.1) is 12.1 Å². The first-order chi connectivity index (χ1) is 22.8. The molecule has 0 atom stereocenters. The summed E-state index contributed by atoms with van der Waals surface area (Å²) in [5, 5.41) is 3.30. The first-order valence-electron chi connectivity index (χ1n) is 15.2. The summed E-state index contributed by atoms with van der Waals surface area (Å²) in [5.74, 6) is 0. The summed E-state index contributed by atoms with van der Waals surface area (Å²) in [6.07, 6.45) is 1.88. The van der Waals surface area contributed by atoms with Crippen LogP contribution in [0.2, 0.25) is 0 Å². The van der Waals surface area contributed by atoms with Crippen molar-refractivity contribution in [1.29, 1.82) is 0 Å². The minimum absolute atomic E-state index is 0. The fraction of sp³-hybridized carbons (Fsp3) is 0. The summed E-state index contributed by atoms with van der Waals surface area (Å²) in [6, 6.07) is 58.3. The van der Waals surface area contributed by atoms with Crippen LogP contribution < -0.4 is 0 Å². The fourth-order valence-corrected chi connectivity index (χ4v) is 7.18. The van der Waals surface area contributed by atoms with Crippen molar-refractivity contribution in [1.82, 2.24) is 14.5 Å². The average molecular weight is 799 g/mol. The van der Waals surface area contributed by atoms with E-state index in [1.54, 1.807) is 11.3 Å². The van der Waals surface area contributed by atoms with Gasteiger partial charge in [0.1, 0.15) is 0 Å². The van der Waals surface area contributed by atoms with Gasteiger partial charge in [0.25, 0.3) is 0 Å². The quantitative estimate of drug-likeness (QED) is 0.162. The number of thiazole rings is 1. The Balaban J connectivity index is 0.00000324. The van der Waals surface area contributed by atoms with Gasteiger partial charge < -0.3 is 9.55 Å². The Labute approximate surface area is 291 Å². The number of rotatable bonds is 5. The maximum Gasteiger partial charge on any atom is 2.00 e. The average Bonchev–Trinajstić information content (AvgIpc) is 3.72. The molecule has 3 heterocycles. The van der Waals surface area contributed by atoms with Crippen LogP contribution in [0.15, 0.2) is 152 Å². The molecular weight excluding hydrogens is 774 g/mol. The number of benzene rings is 6. The molecule has 0 radical (unpaired) electrons. The number of pyridine rings is 1. The molecule has 0 N–H and O–H groups in total. The third kappa shape index (κ3) is 5.30. The van der Waals surface area contributed by atoms with Gasteiger partial charge in [-0.3, -0.25) is 4.98 Å². The number of aromatic nitrogens is 3. The first-order valence-corrected chi connectivity index (χ1v) is 16.1. The van der Waals surface area contributed by atoms with Gasteiger partial charge in [0, 0.05) is 21.4 Å². The van der Waals surface area contributed by atoms with Crippen molar-refractivity contribution in [3.63, 3.8) is 0 Å². The second-order valence-electron chi connectivity index (χ2n) is 11.3. The van der Waals surface area contributed by atoms with Crippen molar-refractivity contribution in [3.05, 3.63) is 164 Å². The summed E-state index contributed by atoms with van der Waals surface area (Å²) >= 11 is 1.70. The minimum atomic E-state index is 0. The molecule has 6 aromatic carbocycles. The van der Waals surface area contributed by atoms with E-state index < -0.39 is 0 Å². The van der Waals surface area contributed by atoms with E-state index in [2.05, 4.69) is 150 Å². The largest absolute Gasteiger partial charge is 2.00 e. The molecule has 0 saturated carbocycles. The number of hydrogen-bond donors (Lipinski definition) is 0. The first kappa shape index (κ1) is 29.3. The number of para-hydroxylation sites is 2. The van der Waals surface area contributed by atoms with E-state index in [1.165, 1.54) is 21.2 Å². The summed E-state index contributed by atoms with van der Waals surface area (Å²) in [4.78, 5) is 9.68. The molecule has 0 spiro atoms. The van der Waals surface area contributed by atoms with Crippen molar-refractivity contribution >= 4 is 43.4 Å². The van der Waals surface area contributed by atoms with Gasteiger partial charge in [-0.05, 0) is 68.8 Å². The van der Waals surface area contributed by atoms with Crippen LogP contribution in [-0.2, 0) is 21.1 Å².